The van der Waals surface area contributed by atoms with Crippen molar-refractivity contribution in [2.75, 3.05) is 13.1 Å². The molecule has 0 aromatic carbocycles. The van der Waals surface area contributed by atoms with Gasteiger partial charge in [-0.05, 0) is 19.3 Å². The van der Waals surface area contributed by atoms with Crippen LogP contribution in [0.3, 0.4) is 0 Å². The highest BCUT2D eigenvalue weighted by molar-refractivity contribution is 5.76. The quantitative estimate of drug-likeness (QED) is 0.560. The molecule has 4 nitrogen and oxygen atoms in total. The second-order valence-corrected chi connectivity index (χ2v) is 3.21. The molecular formula is C8H16N2O2. The average Bonchev–Trinajstić information content (AvgIpc) is 2.05. The molecule has 1 aliphatic rings. The van der Waals surface area contributed by atoms with Crippen LogP contribution >= 0.6 is 0 Å². The zero-order chi connectivity index (χ0) is 8.97. The molecule has 0 aromatic rings. The highest BCUT2D eigenvalue weighted by atomic mass is 16.3. The van der Waals surface area contributed by atoms with Crippen LogP contribution in [0.5, 0.6) is 0 Å². The zero-order valence-electron chi connectivity index (χ0n) is 7.20. The van der Waals surface area contributed by atoms with Gasteiger partial charge in [0.15, 0.2) is 0 Å². The number of amides is 1. The molecule has 12 heavy (non-hydrogen) atoms. The van der Waals surface area contributed by atoms with Crippen molar-refractivity contribution in [2.24, 2.45) is 5.73 Å². The van der Waals surface area contributed by atoms with E-state index in [0.29, 0.717) is 0 Å². The summed E-state index contributed by atoms with van der Waals surface area (Å²) in [5, 5.41) is 8.78. The number of nitrogens with two attached hydrogens (primary N) is 1. The van der Waals surface area contributed by atoms with E-state index >= 15 is 0 Å². The standard InChI is InChI=1S/C8H16N2O2/c9-7(11)6-8(12)10-4-2-1-3-5-10/h7,11H,1-6,9H2/t7-/m0/s1. The minimum absolute atomic E-state index is 0.0234. The first-order chi connectivity index (χ1) is 5.70. The van der Waals surface area contributed by atoms with Gasteiger partial charge in [-0.3, -0.25) is 4.79 Å². The maximum Gasteiger partial charge on any atom is 0.226 e. The lowest BCUT2D eigenvalue weighted by molar-refractivity contribution is -0.134. The van der Waals surface area contributed by atoms with Crippen LogP contribution in [0.25, 0.3) is 0 Å². The van der Waals surface area contributed by atoms with Gasteiger partial charge in [0, 0.05) is 13.1 Å². The molecule has 1 atom stereocenters. The summed E-state index contributed by atoms with van der Waals surface area (Å²) >= 11 is 0. The molecule has 70 valence electrons. The molecular weight excluding hydrogens is 156 g/mol. The van der Waals surface area contributed by atoms with Crippen molar-refractivity contribution in [3.63, 3.8) is 0 Å². The number of carbonyl (C=O) groups excluding carboxylic acids is 1. The Bertz CT molecular complexity index is 153. The van der Waals surface area contributed by atoms with Gasteiger partial charge in [0.2, 0.25) is 5.91 Å². The Morgan fingerprint density at radius 1 is 1.42 bits per heavy atom. The Labute approximate surface area is 72.3 Å². The molecule has 0 aromatic heterocycles. The maximum atomic E-state index is 11.3. The summed E-state index contributed by atoms with van der Waals surface area (Å²) in [5.41, 5.74) is 5.11. The van der Waals surface area contributed by atoms with E-state index in [9.17, 15) is 4.79 Å². The van der Waals surface area contributed by atoms with E-state index in [2.05, 4.69) is 0 Å². The lowest BCUT2D eigenvalue weighted by Gasteiger charge is -2.27. The topological polar surface area (TPSA) is 66.6 Å². The summed E-state index contributed by atoms with van der Waals surface area (Å²) in [6.07, 6.45) is 2.41. The highest BCUT2D eigenvalue weighted by Gasteiger charge is 2.17. The molecule has 0 saturated carbocycles. The van der Waals surface area contributed by atoms with E-state index in [-0.39, 0.29) is 12.3 Å². The number of likely N-dealkylation sites (tertiary alicyclic amines) is 1. The Morgan fingerprint density at radius 2 is 2.00 bits per heavy atom. The number of aliphatic hydroxyl groups is 1. The number of piperidine rings is 1. The molecule has 1 saturated heterocycles. The summed E-state index contributed by atoms with van der Waals surface area (Å²) in [4.78, 5) is 13.1. The van der Waals surface area contributed by atoms with E-state index in [0.717, 1.165) is 25.9 Å². The molecule has 1 amide bonds. The van der Waals surface area contributed by atoms with Gasteiger partial charge in [0.25, 0.3) is 0 Å². The molecule has 0 spiro atoms. The van der Waals surface area contributed by atoms with Crippen LogP contribution in [0, 0.1) is 0 Å². The van der Waals surface area contributed by atoms with Crippen molar-refractivity contribution in [1.29, 1.82) is 0 Å². The minimum atomic E-state index is -1.00. The smallest absolute Gasteiger partial charge is 0.226 e. The van der Waals surface area contributed by atoms with Crippen molar-refractivity contribution in [3.05, 3.63) is 0 Å². The van der Waals surface area contributed by atoms with Crippen LogP contribution in [0.4, 0.5) is 0 Å². The van der Waals surface area contributed by atoms with Gasteiger partial charge < -0.3 is 15.7 Å². The zero-order valence-corrected chi connectivity index (χ0v) is 7.20. The van der Waals surface area contributed by atoms with Gasteiger partial charge >= 0.3 is 0 Å². The number of nitrogens with zero attached hydrogens (tertiary/aromatic N) is 1. The van der Waals surface area contributed by atoms with E-state index in [1.165, 1.54) is 6.42 Å². The van der Waals surface area contributed by atoms with Crippen LogP contribution in [0.2, 0.25) is 0 Å². The van der Waals surface area contributed by atoms with E-state index in [1.807, 2.05) is 0 Å². The summed E-state index contributed by atoms with van der Waals surface area (Å²) in [5.74, 6) is -0.0234. The number of aliphatic hydroxyl groups excluding tert-OH is 1. The summed E-state index contributed by atoms with van der Waals surface area (Å²) in [6, 6.07) is 0. The van der Waals surface area contributed by atoms with Crippen LogP contribution in [0.15, 0.2) is 0 Å². The van der Waals surface area contributed by atoms with E-state index in [4.69, 9.17) is 10.8 Å². The average molecular weight is 172 g/mol. The predicted octanol–water partition coefficient (Wildman–Crippen LogP) is -0.334. The summed E-state index contributed by atoms with van der Waals surface area (Å²) < 4.78 is 0. The van der Waals surface area contributed by atoms with Gasteiger partial charge in [0.1, 0.15) is 6.23 Å². The Morgan fingerprint density at radius 3 is 2.50 bits per heavy atom. The molecule has 1 rings (SSSR count). The Balaban J connectivity index is 2.30. The van der Waals surface area contributed by atoms with Gasteiger partial charge in [-0.15, -0.1) is 0 Å². The van der Waals surface area contributed by atoms with Gasteiger partial charge in [-0.2, -0.15) is 0 Å². The largest absolute Gasteiger partial charge is 0.378 e. The van der Waals surface area contributed by atoms with Gasteiger partial charge in [-0.1, -0.05) is 0 Å². The van der Waals surface area contributed by atoms with Crippen molar-refractivity contribution in [1.82, 2.24) is 4.90 Å². The molecule has 0 aliphatic carbocycles. The molecule has 3 N–H and O–H groups in total. The van der Waals surface area contributed by atoms with Crippen molar-refractivity contribution in [2.45, 2.75) is 31.9 Å². The van der Waals surface area contributed by atoms with E-state index < -0.39 is 6.23 Å². The second-order valence-electron chi connectivity index (χ2n) is 3.21. The SMILES string of the molecule is N[C@@H](O)CC(=O)N1CCCCC1. The first kappa shape index (κ1) is 9.48. The summed E-state index contributed by atoms with van der Waals surface area (Å²) in [6.45, 7) is 1.65. The summed E-state index contributed by atoms with van der Waals surface area (Å²) in [7, 11) is 0. The lowest BCUT2D eigenvalue weighted by Crippen LogP contribution is -2.38. The maximum absolute atomic E-state index is 11.3. The molecule has 0 radical (unpaired) electrons. The van der Waals surface area contributed by atoms with Gasteiger partial charge in [0.05, 0.1) is 6.42 Å². The third kappa shape index (κ3) is 2.79. The van der Waals surface area contributed by atoms with Crippen LogP contribution < -0.4 is 5.73 Å². The molecule has 1 heterocycles. The van der Waals surface area contributed by atoms with Crippen molar-refractivity contribution >= 4 is 5.91 Å². The molecule has 1 aliphatic heterocycles. The van der Waals surface area contributed by atoms with Gasteiger partial charge in [-0.25, -0.2) is 0 Å². The van der Waals surface area contributed by atoms with Crippen LogP contribution in [-0.2, 0) is 4.79 Å². The molecule has 4 heteroatoms. The number of hydrogen-bond acceptors (Lipinski definition) is 3. The normalized spacial score (nSPS) is 20.7. The number of carbonyl (C=O) groups is 1. The Hall–Kier alpha value is -0.610. The van der Waals surface area contributed by atoms with Crippen molar-refractivity contribution < 1.29 is 9.90 Å². The third-order valence-electron chi connectivity index (χ3n) is 2.09. The van der Waals surface area contributed by atoms with Crippen molar-refractivity contribution in [3.8, 4) is 0 Å². The Kier molecular flexibility index (Phi) is 3.49. The monoisotopic (exact) mass is 172 g/mol. The van der Waals surface area contributed by atoms with E-state index in [1.54, 1.807) is 4.90 Å². The molecule has 0 unspecified atom stereocenters. The lowest BCUT2D eigenvalue weighted by atomic mass is 10.1. The fraction of sp³-hybridized carbons (Fsp3) is 0.875. The number of rotatable bonds is 2. The third-order valence-corrected chi connectivity index (χ3v) is 2.09. The molecule has 0 bridgehead atoms. The number of hydrogen-bond donors (Lipinski definition) is 2. The predicted molar refractivity (Wildman–Crippen MR) is 45.2 cm³/mol. The fourth-order valence-electron chi connectivity index (χ4n) is 1.45. The van der Waals surface area contributed by atoms with Crippen LogP contribution in [-0.4, -0.2) is 35.2 Å². The first-order valence-electron chi connectivity index (χ1n) is 4.41. The van der Waals surface area contributed by atoms with Crippen LogP contribution in [0.1, 0.15) is 25.7 Å². The second kappa shape index (κ2) is 4.42. The molecule has 1 fully saturated rings. The fourth-order valence-corrected chi connectivity index (χ4v) is 1.45. The highest BCUT2D eigenvalue weighted by Crippen LogP contribution is 2.09. The first-order valence-corrected chi connectivity index (χ1v) is 4.41. The minimum Gasteiger partial charge on any atom is -0.378 e.